The van der Waals surface area contributed by atoms with Crippen LogP contribution in [0.15, 0.2) is 72.8 Å². The monoisotopic (exact) mass is 530 g/mol. The molecule has 0 radical (unpaired) electrons. The second kappa shape index (κ2) is 10.1. The van der Waals surface area contributed by atoms with Gasteiger partial charge in [0.15, 0.2) is 6.10 Å². The summed E-state index contributed by atoms with van der Waals surface area (Å²) in [6, 6.07) is 18.3. The summed E-state index contributed by atoms with van der Waals surface area (Å²) >= 11 is 6.00. The second-order valence-electron chi connectivity index (χ2n) is 8.34. The van der Waals surface area contributed by atoms with Crippen molar-refractivity contribution in [2.24, 2.45) is 0 Å². The smallest absolute Gasteiger partial charge is 0.406 e. The molecule has 2 atom stereocenters. The number of β-amino-alcohol motifs (C(OH)–C–C–N with tert-alkyl or cyclic N) is 1. The van der Waals surface area contributed by atoms with Crippen molar-refractivity contribution >= 4 is 23.0 Å². The van der Waals surface area contributed by atoms with Gasteiger partial charge in [-0.2, -0.15) is 13.2 Å². The highest BCUT2D eigenvalue weighted by Gasteiger charge is 2.42. The number of nitrogens with zero attached hydrogens (tertiary/aromatic N) is 2. The van der Waals surface area contributed by atoms with Crippen LogP contribution in [0.1, 0.15) is 17.2 Å². The number of halogens is 7. The van der Waals surface area contributed by atoms with Crippen molar-refractivity contribution in [3.8, 4) is 5.75 Å². The Morgan fingerprint density at radius 2 is 1.58 bits per heavy atom. The number of hydrogen-bond acceptors (Lipinski definition) is 4. The van der Waals surface area contributed by atoms with Gasteiger partial charge in [-0.15, -0.1) is 13.2 Å². The van der Waals surface area contributed by atoms with E-state index >= 15 is 0 Å². The van der Waals surface area contributed by atoms with Crippen molar-refractivity contribution in [3.63, 3.8) is 0 Å². The third-order valence-electron chi connectivity index (χ3n) is 5.81. The SMILES string of the molecule is O[C@H](CN1c2ccccc2N(Cc2cccc(OC(F)(F)F)c2)CC1c1ccc(Cl)cc1)C(F)(F)F. The van der Waals surface area contributed by atoms with Crippen molar-refractivity contribution in [1.82, 2.24) is 0 Å². The number of benzene rings is 3. The molecule has 1 unspecified atom stereocenters. The van der Waals surface area contributed by atoms with Crippen LogP contribution in [0.2, 0.25) is 5.02 Å². The lowest BCUT2D eigenvalue weighted by molar-refractivity contribution is -0.274. The third kappa shape index (κ3) is 6.17. The molecule has 0 fully saturated rings. The number of ether oxygens (including phenoxy) is 1. The maximum absolute atomic E-state index is 13.3. The van der Waals surface area contributed by atoms with Crippen LogP contribution < -0.4 is 14.5 Å². The number of aliphatic hydroxyl groups excluding tert-OH is 1. The molecule has 3 aromatic carbocycles. The van der Waals surface area contributed by atoms with Gasteiger partial charge in [-0.05, 0) is 47.5 Å². The fraction of sp³-hybridized carbons (Fsp3) is 0.280. The van der Waals surface area contributed by atoms with E-state index in [0.717, 1.165) is 0 Å². The topological polar surface area (TPSA) is 35.9 Å². The van der Waals surface area contributed by atoms with Gasteiger partial charge in [0.2, 0.25) is 0 Å². The summed E-state index contributed by atoms with van der Waals surface area (Å²) in [5, 5.41) is 10.3. The number of hydrogen-bond donors (Lipinski definition) is 1. The molecule has 36 heavy (non-hydrogen) atoms. The number of anilines is 2. The minimum Gasteiger partial charge on any atom is -0.406 e. The average molecular weight is 531 g/mol. The van der Waals surface area contributed by atoms with Crippen LogP contribution in [0.3, 0.4) is 0 Å². The molecule has 11 heteroatoms. The number of fused-ring (bicyclic) bond motifs is 1. The van der Waals surface area contributed by atoms with Crippen LogP contribution in [0.4, 0.5) is 37.7 Å². The molecular weight excluding hydrogens is 510 g/mol. The van der Waals surface area contributed by atoms with Gasteiger partial charge >= 0.3 is 12.5 Å². The van der Waals surface area contributed by atoms with Crippen LogP contribution in [-0.4, -0.2) is 36.8 Å². The molecule has 1 N–H and O–H groups in total. The Bertz CT molecular complexity index is 1190. The molecule has 0 saturated carbocycles. The zero-order valence-electron chi connectivity index (χ0n) is 18.6. The number of rotatable bonds is 6. The molecule has 1 aliphatic rings. The fourth-order valence-electron chi connectivity index (χ4n) is 4.24. The highest BCUT2D eigenvalue weighted by Crippen LogP contribution is 2.42. The summed E-state index contributed by atoms with van der Waals surface area (Å²) < 4.78 is 81.9. The molecule has 0 aliphatic carbocycles. The Morgan fingerprint density at radius 1 is 0.917 bits per heavy atom. The van der Waals surface area contributed by atoms with Crippen molar-refractivity contribution < 1.29 is 36.2 Å². The van der Waals surface area contributed by atoms with E-state index in [4.69, 9.17) is 11.6 Å². The van der Waals surface area contributed by atoms with Gasteiger partial charge in [0.05, 0.1) is 24.0 Å². The molecule has 1 heterocycles. The normalized spacial score (nSPS) is 17.1. The third-order valence-corrected chi connectivity index (χ3v) is 6.06. The van der Waals surface area contributed by atoms with Crippen molar-refractivity contribution in [2.45, 2.75) is 31.2 Å². The van der Waals surface area contributed by atoms with E-state index in [1.54, 1.807) is 54.6 Å². The Kier molecular flexibility index (Phi) is 7.28. The first-order valence-electron chi connectivity index (χ1n) is 10.9. The summed E-state index contributed by atoms with van der Waals surface area (Å²) in [6.07, 6.45) is -12.2. The lowest BCUT2D eigenvalue weighted by Crippen LogP contribution is -2.49. The first kappa shape index (κ1) is 26.0. The molecule has 0 amide bonds. The Morgan fingerprint density at radius 3 is 2.22 bits per heavy atom. The molecule has 0 saturated heterocycles. The predicted octanol–water partition coefficient (Wildman–Crippen LogP) is 6.73. The summed E-state index contributed by atoms with van der Waals surface area (Å²) in [7, 11) is 0. The van der Waals surface area contributed by atoms with Gasteiger partial charge < -0.3 is 19.6 Å². The molecule has 3 aromatic rings. The van der Waals surface area contributed by atoms with Crippen LogP contribution in [0, 0.1) is 0 Å². The molecule has 4 rings (SSSR count). The predicted molar refractivity (Wildman–Crippen MR) is 124 cm³/mol. The Labute approximate surface area is 208 Å². The molecular formula is C25H21ClF6N2O2. The zero-order valence-corrected chi connectivity index (χ0v) is 19.4. The number of aliphatic hydroxyl groups is 1. The van der Waals surface area contributed by atoms with Crippen molar-refractivity contribution in [1.29, 1.82) is 0 Å². The molecule has 1 aliphatic heterocycles. The summed E-state index contributed by atoms with van der Waals surface area (Å²) in [4.78, 5) is 3.37. The van der Waals surface area contributed by atoms with Gasteiger partial charge in [0.1, 0.15) is 5.75 Å². The van der Waals surface area contributed by atoms with Crippen LogP contribution in [0.25, 0.3) is 0 Å². The first-order chi connectivity index (χ1) is 16.9. The maximum atomic E-state index is 13.3. The second-order valence-corrected chi connectivity index (χ2v) is 8.78. The Hall–Kier alpha value is -3.11. The van der Waals surface area contributed by atoms with E-state index in [0.29, 0.717) is 27.5 Å². The standard InChI is InChI=1S/C25H21ClF6N2O2/c26-18-10-8-17(9-11-18)22-14-33(13-16-4-3-5-19(12-16)36-25(30,31)32)20-6-1-2-7-21(20)34(22)15-23(35)24(27,28)29/h1-12,22-23,35H,13-15H2/t22?,23-/m1/s1. The minimum atomic E-state index is -4.84. The minimum absolute atomic E-state index is 0.172. The van der Waals surface area contributed by atoms with Crippen molar-refractivity contribution in [3.05, 3.63) is 88.9 Å². The van der Waals surface area contributed by atoms with E-state index in [-0.39, 0.29) is 18.8 Å². The molecule has 0 aromatic heterocycles. The summed E-state index contributed by atoms with van der Waals surface area (Å²) in [5.74, 6) is -0.366. The van der Waals surface area contributed by atoms with Crippen LogP contribution in [0.5, 0.6) is 5.75 Å². The van der Waals surface area contributed by atoms with E-state index in [2.05, 4.69) is 4.74 Å². The van der Waals surface area contributed by atoms with Gasteiger partial charge in [-0.25, -0.2) is 0 Å². The average Bonchev–Trinajstić information content (AvgIpc) is 2.79. The van der Waals surface area contributed by atoms with Gasteiger partial charge in [-0.3, -0.25) is 0 Å². The number of para-hydroxylation sites is 2. The van der Waals surface area contributed by atoms with E-state index < -0.39 is 31.2 Å². The highest BCUT2D eigenvalue weighted by molar-refractivity contribution is 6.30. The van der Waals surface area contributed by atoms with E-state index in [1.807, 2.05) is 4.90 Å². The van der Waals surface area contributed by atoms with E-state index in [1.165, 1.54) is 23.1 Å². The van der Waals surface area contributed by atoms with Crippen LogP contribution >= 0.6 is 11.6 Å². The maximum Gasteiger partial charge on any atom is 0.573 e. The summed E-state index contributed by atoms with van der Waals surface area (Å²) in [6.45, 7) is -0.323. The lowest BCUT2D eigenvalue weighted by Gasteiger charge is -2.45. The fourth-order valence-corrected chi connectivity index (χ4v) is 4.37. The molecule has 0 spiro atoms. The number of alkyl halides is 6. The first-order valence-corrected chi connectivity index (χ1v) is 11.2. The molecule has 192 valence electrons. The quantitative estimate of drug-likeness (QED) is 0.359. The highest BCUT2D eigenvalue weighted by atomic mass is 35.5. The van der Waals surface area contributed by atoms with Crippen LogP contribution in [-0.2, 0) is 6.54 Å². The van der Waals surface area contributed by atoms with Gasteiger partial charge in [0, 0.05) is 18.1 Å². The zero-order chi connectivity index (χ0) is 26.1. The van der Waals surface area contributed by atoms with Gasteiger partial charge in [0.25, 0.3) is 0 Å². The van der Waals surface area contributed by atoms with Gasteiger partial charge in [-0.1, -0.05) is 48.0 Å². The molecule has 4 nitrogen and oxygen atoms in total. The largest absolute Gasteiger partial charge is 0.573 e. The van der Waals surface area contributed by atoms with Crippen molar-refractivity contribution in [2.75, 3.05) is 22.9 Å². The lowest BCUT2D eigenvalue weighted by atomic mass is 9.98. The summed E-state index contributed by atoms with van der Waals surface area (Å²) in [5.41, 5.74) is 2.22. The molecule has 0 bridgehead atoms. The van der Waals surface area contributed by atoms with E-state index in [9.17, 15) is 31.4 Å². The Balaban J connectivity index is 1.71.